The zero-order valence-corrected chi connectivity index (χ0v) is 12.3. The van der Waals surface area contributed by atoms with Crippen molar-refractivity contribution in [2.75, 3.05) is 5.32 Å². The van der Waals surface area contributed by atoms with Crippen molar-refractivity contribution >= 4 is 23.4 Å². The van der Waals surface area contributed by atoms with Crippen molar-refractivity contribution in [2.24, 2.45) is 0 Å². The van der Waals surface area contributed by atoms with Gasteiger partial charge in [0.2, 0.25) is 5.91 Å². The number of hydrogen-bond acceptors (Lipinski definition) is 4. The van der Waals surface area contributed by atoms with Crippen molar-refractivity contribution < 1.29 is 13.6 Å². The minimum atomic E-state index is -0.682. The third-order valence-electron chi connectivity index (χ3n) is 2.76. The van der Waals surface area contributed by atoms with Gasteiger partial charge in [0.25, 0.3) is 0 Å². The maximum Gasteiger partial charge on any atom is 0.237 e. The molecule has 0 aliphatic carbocycles. The predicted octanol–water partition coefficient (Wildman–Crippen LogP) is 2.70. The van der Waals surface area contributed by atoms with E-state index >= 15 is 0 Å². The number of anilines is 1. The van der Waals surface area contributed by atoms with E-state index in [2.05, 4.69) is 15.5 Å². The summed E-state index contributed by atoms with van der Waals surface area (Å²) in [5.41, 5.74) is -0.176. The van der Waals surface area contributed by atoms with Crippen molar-refractivity contribution in [1.29, 1.82) is 0 Å². The number of rotatable bonds is 5. The normalized spacial score (nSPS) is 12.2. The highest BCUT2D eigenvalue weighted by Crippen LogP contribution is 2.23. The van der Waals surface area contributed by atoms with E-state index in [4.69, 9.17) is 0 Å². The number of halogens is 2. The minimum absolute atomic E-state index is 0.176. The average molecular weight is 312 g/mol. The van der Waals surface area contributed by atoms with Gasteiger partial charge in [-0.25, -0.2) is 8.78 Å². The molecule has 0 radical (unpaired) electrons. The number of nitrogens with zero attached hydrogens (tertiary/aromatic N) is 3. The monoisotopic (exact) mass is 312 g/mol. The van der Waals surface area contributed by atoms with Crippen molar-refractivity contribution in [1.82, 2.24) is 14.8 Å². The van der Waals surface area contributed by atoms with Crippen LogP contribution in [0, 0.1) is 11.6 Å². The van der Waals surface area contributed by atoms with Gasteiger partial charge in [-0.3, -0.25) is 4.79 Å². The summed E-state index contributed by atoms with van der Waals surface area (Å²) in [7, 11) is 0. The molecule has 1 heterocycles. The number of aryl methyl sites for hydroxylation is 1. The Hall–Kier alpha value is -1.96. The number of aromatic nitrogens is 3. The average Bonchev–Trinajstić information content (AvgIpc) is 2.90. The molecule has 0 fully saturated rings. The highest BCUT2D eigenvalue weighted by Gasteiger charge is 2.19. The van der Waals surface area contributed by atoms with Crippen LogP contribution in [0.25, 0.3) is 0 Å². The first-order valence-electron chi connectivity index (χ1n) is 6.31. The zero-order valence-electron chi connectivity index (χ0n) is 11.5. The number of benzene rings is 1. The van der Waals surface area contributed by atoms with E-state index in [0.717, 1.165) is 18.2 Å². The molecule has 0 aliphatic rings. The van der Waals surface area contributed by atoms with Gasteiger partial charge in [0.1, 0.15) is 18.0 Å². The first kappa shape index (κ1) is 15.4. The molecular weight excluding hydrogens is 298 g/mol. The summed E-state index contributed by atoms with van der Waals surface area (Å²) in [5.74, 6) is -1.73. The second-order valence-corrected chi connectivity index (χ2v) is 5.58. The van der Waals surface area contributed by atoms with Crippen LogP contribution in [0.15, 0.2) is 29.7 Å². The van der Waals surface area contributed by atoms with E-state index < -0.39 is 22.8 Å². The van der Waals surface area contributed by atoms with Gasteiger partial charge in [0, 0.05) is 12.6 Å². The lowest BCUT2D eigenvalue weighted by atomic mass is 10.3. The summed E-state index contributed by atoms with van der Waals surface area (Å²) in [4.78, 5) is 12.0. The number of nitrogens with one attached hydrogen (secondary N) is 1. The largest absolute Gasteiger partial charge is 0.323 e. The van der Waals surface area contributed by atoms with E-state index in [0.29, 0.717) is 11.7 Å². The van der Waals surface area contributed by atoms with Crippen LogP contribution in [0.2, 0.25) is 0 Å². The van der Waals surface area contributed by atoms with Crippen LogP contribution < -0.4 is 5.32 Å². The molecule has 8 heteroatoms. The summed E-state index contributed by atoms with van der Waals surface area (Å²) in [6.07, 6.45) is 1.57. The fourth-order valence-electron chi connectivity index (χ4n) is 1.59. The van der Waals surface area contributed by atoms with Crippen LogP contribution in [0.3, 0.4) is 0 Å². The number of thioether (sulfide) groups is 1. The van der Waals surface area contributed by atoms with Gasteiger partial charge in [0.05, 0.1) is 10.9 Å². The molecule has 1 aromatic carbocycles. The summed E-state index contributed by atoms with van der Waals surface area (Å²) >= 11 is 1.20. The summed E-state index contributed by atoms with van der Waals surface area (Å²) in [6.45, 7) is 4.27. The summed E-state index contributed by atoms with van der Waals surface area (Å²) < 4.78 is 28.3. The fourth-order valence-corrected chi connectivity index (χ4v) is 2.48. The van der Waals surface area contributed by atoms with Gasteiger partial charge in [-0.05, 0) is 26.0 Å². The number of carbonyl (C=O) groups is 1. The quantitative estimate of drug-likeness (QED) is 0.862. The highest BCUT2D eigenvalue weighted by atomic mass is 32.2. The maximum absolute atomic E-state index is 13.5. The minimum Gasteiger partial charge on any atom is -0.323 e. The second-order valence-electron chi connectivity index (χ2n) is 4.27. The van der Waals surface area contributed by atoms with Crippen LogP contribution in [-0.2, 0) is 11.3 Å². The molecule has 5 nitrogen and oxygen atoms in total. The lowest BCUT2D eigenvalue weighted by Crippen LogP contribution is -2.23. The molecule has 1 atom stereocenters. The van der Waals surface area contributed by atoms with E-state index in [9.17, 15) is 13.6 Å². The molecule has 0 saturated carbocycles. The van der Waals surface area contributed by atoms with E-state index in [1.807, 2.05) is 6.92 Å². The van der Waals surface area contributed by atoms with Gasteiger partial charge in [-0.1, -0.05) is 11.8 Å². The molecule has 0 unspecified atom stereocenters. The van der Waals surface area contributed by atoms with Gasteiger partial charge in [0.15, 0.2) is 5.16 Å². The highest BCUT2D eigenvalue weighted by molar-refractivity contribution is 8.00. The Labute approximate surface area is 124 Å². The molecule has 1 amide bonds. The van der Waals surface area contributed by atoms with Crippen molar-refractivity contribution in [2.45, 2.75) is 30.8 Å². The number of hydrogen-bond donors (Lipinski definition) is 1. The molecule has 0 spiro atoms. The van der Waals surface area contributed by atoms with Crippen molar-refractivity contribution in [3.8, 4) is 0 Å². The number of carbonyl (C=O) groups excluding carboxylic acids is 1. The van der Waals surface area contributed by atoms with Gasteiger partial charge >= 0.3 is 0 Å². The van der Waals surface area contributed by atoms with Crippen LogP contribution in [0.4, 0.5) is 14.5 Å². The SMILES string of the molecule is CCn1cnnc1S[C@H](C)C(=O)Nc1cc(F)ccc1F. The van der Waals surface area contributed by atoms with Crippen molar-refractivity contribution in [3.63, 3.8) is 0 Å². The van der Waals surface area contributed by atoms with E-state index in [1.165, 1.54) is 11.8 Å². The van der Waals surface area contributed by atoms with E-state index in [-0.39, 0.29) is 5.69 Å². The Kier molecular flexibility index (Phi) is 4.89. The molecular formula is C13H14F2N4OS. The molecule has 1 N–H and O–H groups in total. The number of amides is 1. The Balaban J connectivity index is 2.04. The molecule has 21 heavy (non-hydrogen) atoms. The second kappa shape index (κ2) is 6.66. The van der Waals surface area contributed by atoms with Crippen LogP contribution in [-0.4, -0.2) is 25.9 Å². The fraction of sp³-hybridized carbons (Fsp3) is 0.308. The first-order chi connectivity index (χ1) is 10.0. The van der Waals surface area contributed by atoms with Gasteiger partial charge in [-0.15, -0.1) is 10.2 Å². The molecule has 112 valence electrons. The Morgan fingerprint density at radius 2 is 2.24 bits per heavy atom. The van der Waals surface area contributed by atoms with Crippen LogP contribution >= 0.6 is 11.8 Å². The summed E-state index contributed by atoms with van der Waals surface area (Å²) in [5, 5.41) is 10.1. The third kappa shape index (κ3) is 3.78. The Morgan fingerprint density at radius 1 is 1.48 bits per heavy atom. The Bertz CT molecular complexity index is 647. The molecule has 1 aromatic heterocycles. The van der Waals surface area contributed by atoms with Gasteiger partial charge < -0.3 is 9.88 Å². The molecule has 2 aromatic rings. The first-order valence-corrected chi connectivity index (χ1v) is 7.19. The van der Waals surface area contributed by atoms with E-state index in [1.54, 1.807) is 17.8 Å². The zero-order chi connectivity index (χ0) is 15.4. The predicted molar refractivity (Wildman–Crippen MR) is 76.0 cm³/mol. The van der Waals surface area contributed by atoms with Crippen LogP contribution in [0.1, 0.15) is 13.8 Å². The standard InChI is InChI=1S/C13H14F2N4OS/c1-3-19-7-16-18-13(19)21-8(2)12(20)17-11-6-9(14)4-5-10(11)15/h4-8H,3H2,1-2H3,(H,17,20)/t8-/m1/s1. The lowest BCUT2D eigenvalue weighted by Gasteiger charge is -2.12. The van der Waals surface area contributed by atoms with Crippen LogP contribution in [0.5, 0.6) is 0 Å². The van der Waals surface area contributed by atoms with Gasteiger partial charge in [-0.2, -0.15) is 0 Å². The molecule has 0 saturated heterocycles. The smallest absolute Gasteiger partial charge is 0.237 e. The molecule has 0 bridgehead atoms. The van der Waals surface area contributed by atoms with Crippen molar-refractivity contribution in [3.05, 3.63) is 36.2 Å². The maximum atomic E-state index is 13.5. The summed E-state index contributed by atoms with van der Waals surface area (Å²) in [6, 6.07) is 2.91. The molecule has 0 aliphatic heterocycles. The molecule has 2 rings (SSSR count). The lowest BCUT2D eigenvalue weighted by molar-refractivity contribution is -0.115. The topological polar surface area (TPSA) is 59.8 Å². The third-order valence-corrected chi connectivity index (χ3v) is 3.85. The Morgan fingerprint density at radius 3 is 2.95 bits per heavy atom.